The van der Waals surface area contributed by atoms with Gasteiger partial charge in [-0.1, -0.05) is 26.0 Å². The number of hydrogen-bond acceptors (Lipinski definition) is 2. The Kier molecular flexibility index (Phi) is 4.47. The summed E-state index contributed by atoms with van der Waals surface area (Å²) in [6.07, 6.45) is 1.14. The van der Waals surface area contributed by atoms with Crippen molar-refractivity contribution in [2.45, 2.75) is 20.3 Å². The lowest BCUT2D eigenvalue weighted by Crippen LogP contribution is -2.03. The van der Waals surface area contributed by atoms with Crippen LogP contribution >= 0.6 is 0 Å². The second-order valence-electron chi connectivity index (χ2n) is 3.90. The third-order valence-electron chi connectivity index (χ3n) is 2.02. The Hall–Kier alpha value is -1.02. The molecular weight excluding hydrogens is 174 g/mol. The van der Waals surface area contributed by atoms with E-state index in [1.807, 2.05) is 0 Å². The van der Waals surface area contributed by atoms with Gasteiger partial charge in [0.1, 0.15) is 6.73 Å². The van der Waals surface area contributed by atoms with Crippen LogP contribution in [0.5, 0.6) is 0 Å². The van der Waals surface area contributed by atoms with Crippen molar-refractivity contribution in [1.82, 2.24) is 0 Å². The SMILES string of the molecule is COCNc1ccc(CC(C)C)cc1. The van der Waals surface area contributed by atoms with Crippen molar-refractivity contribution in [1.29, 1.82) is 0 Å². The molecule has 0 aliphatic heterocycles. The highest BCUT2D eigenvalue weighted by Gasteiger charge is 1.97. The molecule has 1 N–H and O–H groups in total. The molecule has 14 heavy (non-hydrogen) atoms. The van der Waals surface area contributed by atoms with E-state index in [-0.39, 0.29) is 0 Å². The van der Waals surface area contributed by atoms with Crippen LogP contribution in [0.2, 0.25) is 0 Å². The van der Waals surface area contributed by atoms with Crippen LogP contribution < -0.4 is 5.32 Å². The monoisotopic (exact) mass is 193 g/mol. The number of nitrogens with one attached hydrogen (secondary N) is 1. The molecule has 0 atom stereocenters. The van der Waals surface area contributed by atoms with Gasteiger partial charge in [-0.05, 0) is 30.0 Å². The molecule has 0 aliphatic rings. The molecule has 78 valence electrons. The maximum atomic E-state index is 4.93. The fourth-order valence-corrected chi connectivity index (χ4v) is 1.39. The molecule has 2 heteroatoms. The zero-order valence-electron chi connectivity index (χ0n) is 9.21. The summed E-state index contributed by atoms with van der Waals surface area (Å²) in [5.41, 5.74) is 2.50. The Labute approximate surface area is 86.3 Å². The Morgan fingerprint density at radius 2 is 1.86 bits per heavy atom. The van der Waals surface area contributed by atoms with Gasteiger partial charge >= 0.3 is 0 Å². The molecule has 0 amide bonds. The molecule has 0 radical (unpaired) electrons. The van der Waals surface area contributed by atoms with Gasteiger partial charge in [-0.2, -0.15) is 0 Å². The lowest BCUT2D eigenvalue weighted by atomic mass is 10.0. The van der Waals surface area contributed by atoms with Crippen molar-refractivity contribution in [3.63, 3.8) is 0 Å². The van der Waals surface area contributed by atoms with E-state index >= 15 is 0 Å². The molecule has 0 spiro atoms. The van der Waals surface area contributed by atoms with Crippen molar-refractivity contribution < 1.29 is 4.74 Å². The highest BCUT2D eigenvalue weighted by molar-refractivity contribution is 5.44. The summed E-state index contributed by atoms with van der Waals surface area (Å²) in [4.78, 5) is 0. The van der Waals surface area contributed by atoms with E-state index in [0.717, 1.165) is 12.1 Å². The van der Waals surface area contributed by atoms with Gasteiger partial charge in [-0.25, -0.2) is 0 Å². The minimum atomic E-state index is 0.559. The van der Waals surface area contributed by atoms with Gasteiger partial charge in [-0.15, -0.1) is 0 Å². The Balaban J connectivity index is 2.50. The third kappa shape index (κ3) is 3.79. The van der Waals surface area contributed by atoms with Gasteiger partial charge in [0.15, 0.2) is 0 Å². The van der Waals surface area contributed by atoms with Crippen LogP contribution in [-0.4, -0.2) is 13.8 Å². The maximum Gasteiger partial charge on any atom is 0.116 e. The summed E-state index contributed by atoms with van der Waals surface area (Å²) in [5.74, 6) is 0.716. The van der Waals surface area contributed by atoms with Gasteiger partial charge in [0.05, 0.1) is 0 Å². The molecule has 0 bridgehead atoms. The number of methoxy groups -OCH3 is 1. The van der Waals surface area contributed by atoms with Crippen LogP contribution in [0.3, 0.4) is 0 Å². The molecule has 1 aromatic carbocycles. The number of anilines is 1. The summed E-state index contributed by atoms with van der Waals surface area (Å²) in [6.45, 7) is 5.03. The van der Waals surface area contributed by atoms with E-state index in [4.69, 9.17) is 4.74 Å². The highest BCUT2D eigenvalue weighted by atomic mass is 16.5. The Morgan fingerprint density at radius 1 is 1.21 bits per heavy atom. The summed E-state index contributed by atoms with van der Waals surface area (Å²) in [7, 11) is 1.68. The van der Waals surface area contributed by atoms with Crippen LogP contribution in [0.25, 0.3) is 0 Å². The molecule has 0 unspecified atom stereocenters. The molecule has 0 saturated heterocycles. The summed E-state index contributed by atoms with van der Waals surface area (Å²) < 4.78 is 4.93. The molecule has 2 nitrogen and oxygen atoms in total. The van der Waals surface area contributed by atoms with E-state index in [0.29, 0.717) is 12.6 Å². The predicted molar refractivity (Wildman–Crippen MR) is 60.5 cm³/mol. The first-order valence-electron chi connectivity index (χ1n) is 5.04. The van der Waals surface area contributed by atoms with Crippen LogP contribution in [0.15, 0.2) is 24.3 Å². The Bertz CT molecular complexity index is 254. The average Bonchev–Trinajstić information content (AvgIpc) is 2.16. The quantitative estimate of drug-likeness (QED) is 0.726. The second kappa shape index (κ2) is 5.66. The molecule has 1 rings (SSSR count). The van der Waals surface area contributed by atoms with Gasteiger partial charge in [0.25, 0.3) is 0 Å². The highest BCUT2D eigenvalue weighted by Crippen LogP contribution is 2.12. The van der Waals surface area contributed by atoms with Crippen LogP contribution in [0, 0.1) is 5.92 Å². The number of ether oxygens (including phenoxy) is 1. The fraction of sp³-hybridized carbons (Fsp3) is 0.500. The van der Waals surface area contributed by atoms with Gasteiger partial charge in [-0.3, -0.25) is 0 Å². The maximum absolute atomic E-state index is 4.93. The first-order valence-corrected chi connectivity index (χ1v) is 5.04. The van der Waals surface area contributed by atoms with Crippen LogP contribution in [-0.2, 0) is 11.2 Å². The van der Waals surface area contributed by atoms with Crippen molar-refractivity contribution >= 4 is 5.69 Å². The minimum Gasteiger partial charge on any atom is -0.365 e. The zero-order chi connectivity index (χ0) is 10.4. The average molecular weight is 193 g/mol. The van der Waals surface area contributed by atoms with Crippen LogP contribution in [0.1, 0.15) is 19.4 Å². The van der Waals surface area contributed by atoms with Gasteiger partial charge < -0.3 is 10.1 Å². The third-order valence-corrected chi connectivity index (χ3v) is 2.02. The van der Waals surface area contributed by atoms with E-state index in [1.165, 1.54) is 5.56 Å². The summed E-state index contributed by atoms with van der Waals surface area (Å²) in [5, 5.41) is 3.15. The molecule has 0 aromatic heterocycles. The van der Waals surface area contributed by atoms with Crippen molar-refractivity contribution in [2.24, 2.45) is 5.92 Å². The van der Waals surface area contributed by atoms with E-state index < -0.39 is 0 Å². The molecule has 0 heterocycles. The standard InChI is InChI=1S/C12H19NO/c1-10(2)8-11-4-6-12(7-5-11)13-9-14-3/h4-7,10,13H,8-9H2,1-3H3. The first-order chi connectivity index (χ1) is 6.72. The number of rotatable bonds is 5. The predicted octanol–water partition coefficient (Wildman–Crippen LogP) is 2.90. The van der Waals surface area contributed by atoms with E-state index in [2.05, 4.69) is 43.4 Å². The molecule has 0 fully saturated rings. The second-order valence-corrected chi connectivity index (χ2v) is 3.90. The van der Waals surface area contributed by atoms with Crippen molar-refractivity contribution in [3.05, 3.63) is 29.8 Å². The van der Waals surface area contributed by atoms with Crippen molar-refractivity contribution in [2.75, 3.05) is 19.2 Å². The smallest absolute Gasteiger partial charge is 0.116 e. The first kappa shape index (κ1) is 11.1. The topological polar surface area (TPSA) is 21.3 Å². The number of hydrogen-bond donors (Lipinski definition) is 1. The van der Waals surface area contributed by atoms with Crippen molar-refractivity contribution in [3.8, 4) is 0 Å². The molecule has 0 aliphatic carbocycles. The normalized spacial score (nSPS) is 10.6. The molecule has 0 saturated carbocycles. The lowest BCUT2D eigenvalue weighted by molar-refractivity contribution is 0.221. The van der Waals surface area contributed by atoms with Gasteiger partial charge in [0, 0.05) is 12.8 Å². The zero-order valence-corrected chi connectivity index (χ0v) is 9.21. The summed E-state index contributed by atoms with van der Waals surface area (Å²) in [6, 6.07) is 8.52. The van der Waals surface area contributed by atoms with Gasteiger partial charge in [0.2, 0.25) is 0 Å². The van der Waals surface area contributed by atoms with E-state index in [9.17, 15) is 0 Å². The van der Waals surface area contributed by atoms with E-state index in [1.54, 1.807) is 7.11 Å². The van der Waals surface area contributed by atoms with Crippen LogP contribution in [0.4, 0.5) is 5.69 Å². The largest absolute Gasteiger partial charge is 0.365 e. The lowest BCUT2D eigenvalue weighted by Gasteiger charge is -2.07. The minimum absolute atomic E-state index is 0.559. The fourth-order valence-electron chi connectivity index (χ4n) is 1.39. The summed E-state index contributed by atoms with van der Waals surface area (Å²) >= 11 is 0. The number of benzene rings is 1. The Morgan fingerprint density at radius 3 is 2.36 bits per heavy atom. The molecular formula is C12H19NO. The molecule has 1 aromatic rings.